The van der Waals surface area contributed by atoms with Crippen LogP contribution in [0.15, 0.2) is 48.7 Å². The zero-order valence-electron chi connectivity index (χ0n) is 11.5. The topological polar surface area (TPSA) is 51.2 Å². The van der Waals surface area contributed by atoms with Gasteiger partial charge in [-0.15, -0.1) is 0 Å². The van der Waals surface area contributed by atoms with Gasteiger partial charge in [0.2, 0.25) is 5.91 Å². The van der Waals surface area contributed by atoms with Crippen LogP contribution in [0.4, 0.5) is 0 Å². The summed E-state index contributed by atoms with van der Waals surface area (Å²) in [5.74, 6) is 0.815. The number of carbonyl (C=O) groups excluding carboxylic acids is 1. The number of benzene rings is 1. The van der Waals surface area contributed by atoms with E-state index < -0.39 is 0 Å². The zero-order chi connectivity index (χ0) is 14.2. The van der Waals surface area contributed by atoms with Gasteiger partial charge in [0, 0.05) is 24.9 Å². The van der Waals surface area contributed by atoms with Gasteiger partial charge in [-0.3, -0.25) is 9.78 Å². The van der Waals surface area contributed by atoms with Crippen molar-refractivity contribution in [3.8, 4) is 5.75 Å². The van der Waals surface area contributed by atoms with Crippen molar-refractivity contribution in [2.75, 3.05) is 13.7 Å². The maximum atomic E-state index is 11.8. The SMILES string of the molecule is COc1ccc(CC(=O)NCCc2ccccn2)cc1. The summed E-state index contributed by atoms with van der Waals surface area (Å²) in [7, 11) is 1.62. The minimum absolute atomic E-state index is 0.0195. The van der Waals surface area contributed by atoms with Gasteiger partial charge in [0.25, 0.3) is 0 Å². The van der Waals surface area contributed by atoms with Crippen LogP contribution in [0.25, 0.3) is 0 Å². The van der Waals surface area contributed by atoms with E-state index in [1.165, 1.54) is 0 Å². The molecule has 1 aromatic heterocycles. The quantitative estimate of drug-likeness (QED) is 0.873. The summed E-state index contributed by atoms with van der Waals surface area (Å²) in [6.45, 7) is 0.603. The summed E-state index contributed by atoms with van der Waals surface area (Å²) < 4.78 is 5.08. The van der Waals surface area contributed by atoms with Crippen LogP contribution in [0.2, 0.25) is 0 Å². The molecule has 2 aromatic rings. The molecule has 0 aliphatic heterocycles. The predicted octanol–water partition coefficient (Wildman–Crippen LogP) is 1.99. The summed E-state index contributed by atoms with van der Waals surface area (Å²) in [4.78, 5) is 16.0. The molecule has 4 heteroatoms. The van der Waals surface area contributed by atoms with Gasteiger partial charge < -0.3 is 10.1 Å². The van der Waals surface area contributed by atoms with Crippen molar-refractivity contribution in [2.24, 2.45) is 0 Å². The summed E-state index contributed by atoms with van der Waals surface area (Å²) >= 11 is 0. The maximum absolute atomic E-state index is 11.8. The van der Waals surface area contributed by atoms with Crippen molar-refractivity contribution in [3.05, 3.63) is 59.9 Å². The first kappa shape index (κ1) is 14.1. The van der Waals surface area contributed by atoms with E-state index in [4.69, 9.17) is 4.74 Å². The maximum Gasteiger partial charge on any atom is 0.224 e. The summed E-state index contributed by atoms with van der Waals surface area (Å²) in [5.41, 5.74) is 1.96. The second-order valence-corrected chi connectivity index (χ2v) is 4.45. The number of rotatable bonds is 6. The monoisotopic (exact) mass is 270 g/mol. The number of nitrogens with one attached hydrogen (secondary N) is 1. The summed E-state index contributed by atoms with van der Waals surface area (Å²) in [6, 6.07) is 13.3. The summed E-state index contributed by atoms with van der Waals surface area (Å²) in [6.07, 6.45) is 2.88. The molecular formula is C16H18N2O2. The lowest BCUT2D eigenvalue weighted by Crippen LogP contribution is -2.27. The molecule has 104 valence electrons. The Morgan fingerprint density at radius 2 is 2.00 bits per heavy atom. The van der Waals surface area contributed by atoms with E-state index >= 15 is 0 Å². The molecule has 0 aliphatic carbocycles. The van der Waals surface area contributed by atoms with Crippen LogP contribution >= 0.6 is 0 Å². The number of hydrogen-bond acceptors (Lipinski definition) is 3. The lowest BCUT2D eigenvalue weighted by Gasteiger charge is -2.06. The first-order valence-electron chi connectivity index (χ1n) is 6.57. The lowest BCUT2D eigenvalue weighted by molar-refractivity contribution is -0.120. The van der Waals surface area contributed by atoms with E-state index in [2.05, 4.69) is 10.3 Å². The van der Waals surface area contributed by atoms with Crippen LogP contribution in [0, 0.1) is 0 Å². The fraction of sp³-hybridized carbons (Fsp3) is 0.250. The molecule has 0 saturated carbocycles. The fourth-order valence-electron chi connectivity index (χ4n) is 1.87. The Kier molecular flexibility index (Phi) is 5.12. The average molecular weight is 270 g/mol. The Morgan fingerprint density at radius 1 is 1.20 bits per heavy atom. The molecule has 0 unspecified atom stereocenters. The Balaban J connectivity index is 1.74. The standard InChI is InChI=1S/C16H18N2O2/c1-20-15-7-5-13(6-8-15)12-16(19)18-11-9-14-4-2-3-10-17-14/h2-8,10H,9,11-12H2,1H3,(H,18,19). The molecule has 2 rings (SSSR count). The fourth-order valence-corrected chi connectivity index (χ4v) is 1.87. The van der Waals surface area contributed by atoms with Crippen LogP contribution in [0.1, 0.15) is 11.3 Å². The van der Waals surface area contributed by atoms with E-state index in [0.29, 0.717) is 13.0 Å². The highest BCUT2D eigenvalue weighted by molar-refractivity contribution is 5.78. The highest BCUT2D eigenvalue weighted by Crippen LogP contribution is 2.11. The smallest absolute Gasteiger partial charge is 0.224 e. The first-order chi connectivity index (χ1) is 9.78. The normalized spacial score (nSPS) is 10.1. The molecule has 1 N–H and O–H groups in total. The highest BCUT2D eigenvalue weighted by atomic mass is 16.5. The minimum atomic E-state index is 0.0195. The Hall–Kier alpha value is -2.36. The van der Waals surface area contributed by atoms with Gasteiger partial charge in [-0.05, 0) is 29.8 Å². The number of pyridine rings is 1. The van der Waals surface area contributed by atoms with Crippen molar-refractivity contribution in [1.82, 2.24) is 10.3 Å². The third-order valence-electron chi connectivity index (χ3n) is 2.95. The van der Waals surface area contributed by atoms with Crippen LogP contribution in [-0.2, 0) is 17.6 Å². The molecule has 1 aromatic carbocycles. The van der Waals surface area contributed by atoms with Crippen LogP contribution in [-0.4, -0.2) is 24.5 Å². The van der Waals surface area contributed by atoms with Crippen molar-refractivity contribution < 1.29 is 9.53 Å². The van der Waals surface area contributed by atoms with Gasteiger partial charge in [0.1, 0.15) is 5.75 Å². The number of ether oxygens (including phenoxy) is 1. The average Bonchev–Trinajstić information content (AvgIpc) is 2.49. The number of aromatic nitrogens is 1. The molecule has 1 heterocycles. The van der Waals surface area contributed by atoms with Gasteiger partial charge in [0.15, 0.2) is 0 Å². The van der Waals surface area contributed by atoms with Gasteiger partial charge >= 0.3 is 0 Å². The van der Waals surface area contributed by atoms with Crippen LogP contribution in [0.5, 0.6) is 5.75 Å². The molecule has 4 nitrogen and oxygen atoms in total. The number of carbonyl (C=O) groups is 1. The number of nitrogens with zero attached hydrogens (tertiary/aromatic N) is 1. The molecule has 0 spiro atoms. The molecule has 0 saturated heterocycles. The number of methoxy groups -OCH3 is 1. The third kappa shape index (κ3) is 4.39. The molecule has 0 radical (unpaired) electrons. The van der Waals surface area contributed by atoms with E-state index in [0.717, 1.165) is 23.4 Å². The van der Waals surface area contributed by atoms with Crippen molar-refractivity contribution >= 4 is 5.91 Å². The van der Waals surface area contributed by atoms with Gasteiger partial charge in [0.05, 0.1) is 13.5 Å². The van der Waals surface area contributed by atoms with Gasteiger partial charge in [-0.25, -0.2) is 0 Å². The first-order valence-corrected chi connectivity index (χ1v) is 6.57. The second-order valence-electron chi connectivity index (χ2n) is 4.45. The molecule has 0 aliphatic rings. The van der Waals surface area contributed by atoms with E-state index in [1.807, 2.05) is 42.5 Å². The number of amides is 1. The third-order valence-corrected chi connectivity index (χ3v) is 2.95. The molecule has 20 heavy (non-hydrogen) atoms. The van der Waals surface area contributed by atoms with Crippen molar-refractivity contribution in [3.63, 3.8) is 0 Å². The van der Waals surface area contributed by atoms with E-state index in [1.54, 1.807) is 13.3 Å². The molecule has 0 fully saturated rings. The number of hydrogen-bond donors (Lipinski definition) is 1. The zero-order valence-corrected chi connectivity index (χ0v) is 11.5. The Bertz CT molecular complexity index is 538. The largest absolute Gasteiger partial charge is 0.497 e. The lowest BCUT2D eigenvalue weighted by atomic mass is 10.1. The Labute approximate surface area is 118 Å². The van der Waals surface area contributed by atoms with Crippen molar-refractivity contribution in [2.45, 2.75) is 12.8 Å². The molecular weight excluding hydrogens is 252 g/mol. The minimum Gasteiger partial charge on any atom is -0.497 e. The van der Waals surface area contributed by atoms with Crippen molar-refractivity contribution in [1.29, 1.82) is 0 Å². The summed E-state index contributed by atoms with van der Waals surface area (Å²) in [5, 5.41) is 2.90. The molecule has 1 amide bonds. The van der Waals surface area contributed by atoms with Crippen LogP contribution in [0.3, 0.4) is 0 Å². The predicted molar refractivity (Wildman–Crippen MR) is 77.6 cm³/mol. The highest BCUT2D eigenvalue weighted by Gasteiger charge is 2.03. The van der Waals surface area contributed by atoms with Gasteiger partial charge in [-0.1, -0.05) is 18.2 Å². The second kappa shape index (κ2) is 7.28. The van der Waals surface area contributed by atoms with Gasteiger partial charge in [-0.2, -0.15) is 0 Å². The van der Waals surface area contributed by atoms with Crippen LogP contribution < -0.4 is 10.1 Å². The Morgan fingerprint density at radius 3 is 2.65 bits per heavy atom. The van der Waals surface area contributed by atoms with E-state index in [9.17, 15) is 4.79 Å². The molecule has 0 bridgehead atoms. The molecule has 0 atom stereocenters. The van der Waals surface area contributed by atoms with E-state index in [-0.39, 0.29) is 5.91 Å².